The summed E-state index contributed by atoms with van der Waals surface area (Å²) in [5.74, 6) is -0.947. The number of non-ortho nitro benzene ring substituents is 1. The number of halogens is 1. The van der Waals surface area contributed by atoms with Crippen molar-refractivity contribution in [3.63, 3.8) is 0 Å². The number of carbonyl (C=O) groups is 1. The number of esters is 1. The molecule has 1 aliphatic heterocycles. The maximum absolute atomic E-state index is 12.9. The van der Waals surface area contributed by atoms with Gasteiger partial charge in [-0.2, -0.15) is 0 Å². The van der Waals surface area contributed by atoms with Gasteiger partial charge in [-0.05, 0) is 35.9 Å². The minimum atomic E-state index is -0.636. The van der Waals surface area contributed by atoms with E-state index in [9.17, 15) is 19.3 Å². The van der Waals surface area contributed by atoms with E-state index in [1.54, 1.807) is 0 Å². The van der Waals surface area contributed by atoms with Crippen molar-refractivity contribution in [2.24, 2.45) is 4.99 Å². The molecule has 2 aromatic carbocycles. The summed E-state index contributed by atoms with van der Waals surface area (Å²) in [4.78, 5) is 26.0. The summed E-state index contributed by atoms with van der Waals surface area (Å²) in [5, 5.41) is 10.6. The van der Waals surface area contributed by atoms with Crippen molar-refractivity contribution in [2.45, 2.75) is 0 Å². The lowest BCUT2D eigenvalue weighted by atomic mass is 10.2. The highest BCUT2D eigenvalue weighted by molar-refractivity contribution is 6.12. The fraction of sp³-hybridized carbons (Fsp3) is 0. The highest BCUT2D eigenvalue weighted by atomic mass is 19.1. The molecule has 6 nitrogen and oxygen atoms in total. The molecule has 2 aromatic rings. The summed E-state index contributed by atoms with van der Waals surface area (Å²) in [7, 11) is 0. The van der Waals surface area contributed by atoms with Crippen LogP contribution in [0.2, 0.25) is 0 Å². The van der Waals surface area contributed by atoms with Gasteiger partial charge in [-0.15, -0.1) is 0 Å². The first kappa shape index (κ1) is 14.6. The Morgan fingerprint density at radius 3 is 2.35 bits per heavy atom. The molecule has 0 saturated heterocycles. The summed E-state index contributed by atoms with van der Waals surface area (Å²) in [6.45, 7) is 0. The smallest absolute Gasteiger partial charge is 0.363 e. The largest absolute Gasteiger partial charge is 0.402 e. The molecule has 1 aliphatic rings. The molecule has 0 spiro atoms. The van der Waals surface area contributed by atoms with Crippen LogP contribution in [-0.2, 0) is 9.53 Å². The van der Waals surface area contributed by atoms with Crippen LogP contribution < -0.4 is 0 Å². The van der Waals surface area contributed by atoms with Crippen LogP contribution in [0, 0.1) is 15.9 Å². The molecule has 0 fully saturated rings. The first-order chi connectivity index (χ1) is 11.0. The van der Waals surface area contributed by atoms with Crippen LogP contribution in [0.4, 0.5) is 10.1 Å². The molecule has 114 valence electrons. The predicted molar refractivity (Wildman–Crippen MR) is 80.1 cm³/mol. The molecule has 1 heterocycles. The van der Waals surface area contributed by atoms with Gasteiger partial charge in [0.25, 0.3) is 5.69 Å². The number of nitro groups is 1. The van der Waals surface area contributed by atoms with E-state index in [4.69, 9.17) is 4.74 Å². The predicted octanol–water partition coefficient (Wildman–Crippen LogP) is 3.08. The van der Waals surface area contributed by atoms with E-state index in [0.717, 1.165) is 0 Å². The Balaban J connectivity index is 1.88. The number of ether oxygens (including phenoxy) is 1. The molecule has 0 saturated carbocycles. The molecule has 0 aromatic heterocycles. The van der Waals surface area contributed by atoms with Crippen molar-refractivity contribution in [1.29, 1.82) is 0 Å². The Morgan fingerprint density at radius 1 is 1.09 bits per heavy atom. The van der Waals surface area contributed by atoms with Gasteiger partial charge in [0.15, 0.2) is 5.70 Å². The van der Waals surface area contributed by atoms with Crippen molar-refractivity contribution >= 4 is 23.6 Å². The van der Waals surface area contributed by atoms with Crippen molar-refractivity contribution < 1.29 is 18.8 Å². The zero-order valence-corrected chi connectivity index (χ0v) is 11.6. The van der Waals surface area contributed by atoms with Crippen LogP contribution in [-0.4, -0.2) is 16.8 Å². The second kappa shape index (κ2) is 5.80. The van der Waals surface area contributed by atoms with Crippen molar-refractivity contribution in [3.05, 3.63) is 81.3 Å². The van der Waals surface area contributed by atoms with Gasteiger partial charge in [0.05, 0.1) is 4.92 Å². The topological polar surface area (TPSA) is 81.8 Å². The van der Waals surface area contributed by atoms with Gasteiger partial charge in [0.1, 0.15) is 5.82 Å². The summed E-state index contributed by atoms with van der Waals surface area (Å²) < 4.78 is 17.9. The fourth-order valence-corrected chi connectivity index (χ4v) is 1.98. The third kappa shape index (κ3) is 3.13. The lowest BCUT2D eigenvalue weighted by Gasteiger charge is -1.98. The molecular weight excluding hydrogens is 303 g/mol. The number of carbonyl (C=O) groups excluding carboxylic acids is 1. The second-order valence-electron chi connectivity index (χ2n) is 4.69. The maximum Gasteiger partial charge on any atom is 0.363 e. The van der Waals surface area contributed by atoms with E-state index < -0.39 is 10.9 Å². The third-order valence-electron chi connectivity index (χ3n) is 3.12. The van der Waals surface area contributed by atoms with E-state index in [0.29, 0.717) is 11.1 Å². The van der Waals surface area contributed by atoms with Gasteiger partial charge in [-0.25, -0.2) is 14.2 Å². The standard InChI is InChI=1S/C16H9FN2O4/c17-12-5-1-10(2-6-12)9-14-16(20)23-15(18-14)11-3-7-13(8-4-11)19(21)22/h1-9H/b14-9+. The van der Waals surface area contributed by atoms with Crippen LogP contribution in [0.3, 0.4) is 0 Å². The minimum absolute atomic E-state index is 0.0678. The molecule has 23 heavy (non-hydrogen) atoms. The SMILES string of the molecule is O=C1OC(c2ccc([N+](=O)[O-])cc2)=N/C1=C/c1ccc(F)cc1. The molecule has 3 rings (SSSR count). The Labute approximate surface area is 129 Å². The van der Waals surface area contributed by atoms with Crippen LogP contribution in [0.5, 0.6) is 0 Å². The number of nitrogens with zero attached hydrogens (tertiary/aromatic N) is 2. The minimum Gasteiger partial charge on any atom is -0.402 e. The molecule has 7 heteroatoms. The quantitative estimate of drug-likeness (QED) is 0.377. The first-order valence-corrected chi connectivity index (χ1v) is 6.56. The summed E-state index contributed by atoms with van der Waals surface area (Å²) >= 11 is 0. The number of hydrogen-bond donors (Lipinski definition) is 0. The van der Waals surface area contributed by atoms with Gasteiger partial charge < -0.3 is 4.74 Å². The van der Waals surface area contributed by atoms with Gasteiger partial charge in [-0.3, -0.25) is 10.1 Å². The fourth-order valence-electron chi connectivity index (χ4n) is 1.98. The first-order valence-electron chi connectivity index (χ1n) is 6.56. The highest BCUT2D eigenvalue weighted by Gasteiger charge is 2.24. The average Bonchev–Trinajstić information content (AvgIpc) is 2.91. The lowest BCUT2D eigenvalue weighted by molar-refractivity contribution is -0.384. The molecule has 0 amide bonds. The second-order valence-corrected chi connectivity index (χ2v) is 4.69. The lowest BCUT2D eigenvalue weighted by Crippen LogP contribution is -2.05. The monoisotopic (exact) mass is 312 g/mol. The van der Waals surface area contributed by atoms with E-state index in [2.05, 4.69) is 4.99 Å². The van der Waals surface area contributed by atoms with Crippen LogP contribution >= 0.6 is 0 Å². The van der Waals surface area contributed by atoms with Gasteiger partial charge in [-0.1, -0.05) is 12.1 Å². The third-order valence-corrected chi connectivity index (χ3v) is 3.12. The van der Waals surface area contributed by atoms with E-state index >= 15 is 0 Å². The Hall–Kier alpha value is -3.35. The Bertz CT molecular complexity index is 839. The van der Waals surface area contributed by atoms with E-state index in [1.807, 2.05) is 0 Å². The molecule has 0 radical (unpaired) electrons. The Kier molecular flexibility index (Phi) is 3.68. The van der Waals surface area contributed by atoms with Crippen molar-refractivity contribution in [2.75, 3.05) is 0 Å². The zero-order chi connectivity index (χ0) is 16.4. The highest BCUT2D eigenvalue weighted by Crippen LogP contribution is 2.20. The molecule has 0 aliphatic carbocycles. The number of aliphatic imine (C=N–C) groups is 1. The Morgan fingerprint density at radius 2 is 1.74 bits per heavy atom. The molecule has 0 N–H and O–H groups in total. The van der Waals surface area contributed by atoms with Crippen molar-refractivity contribution in [3.8, 4) is 0 Å². The van der Waals surface area contributed by atoms with Crippen LogP contribution in [0.1, 0.15) is 11.1 Å². The van der Waals surface area contributed by atoms with Gasteiger partial charge in [0.2, 0.25) is 5.90 Å². The molecule has 0 bridgehead atoms. The maximum atomic E-state index is 12.9. The number of nitro benzene ring substituents is 1. The van der Waals surface area contributed by atoms with Gasteiger partial charge >= 0.3 is 5.97 Å². The van der Waals surface area contributed by atoms with Crippen LogP contribution in [0.15, 0.2) is 59.2 Å². The summed E-state index contributed by atoms with van der Waals surface area (Å²) in [6, 6.07) is 11.1. The molecule has 0 atom stereocenters. The van der Waals surface area contributed by atoms with Crippen LogP contribution in [0.25, 0.3) is 6.08 Å². The molecular formula is C16H9FN2O4. The zero-order valence-electron chi connectivity index (χ0n) is 11.6. The van der Waals surface area contributed by atoms with Crippen molar-refractivity contribution in [1.82, 2.24) is 0 Å². The van der Waals surface area contributed by atoms with E-state index in [1.165, 1.54) is 54.6 Å². The average molecular weight is 312 g/mol. The van der Waals surface area contributed by atoms with E-state index in [-0.39, 0.29) is 23.1 Å². The summed E-state index contributed by atoms with van der Waals surface area (Å²) in [6.07, 6.45) is 1.47. The summed E-state index contributed by atoms with van der Waals surface area (Å²) in [5.41, 5.74) is 1.06. The number of rotatable bonds is 3. The normalized spacial score (nSPS) is 15.4. The van der Waals surface area contributed by atoms with Gasteiger partial charge in [0, 0.05) is 17.7 Å². The molecule has 0 unspecified atom stereocenters. The number of benzene rings is 2. The number of hydrogen-bond acceptors (Lipinski definition) is 5. The number of cyclic esters (lactones) is 1.